The van der Waals surface area contributed by atoms with Crippen LogP contribution >= 0.6 is 0 Å². The molecule has 1 aliphatic carbocycles. The Morgan fingerprint density at radius 3 is 2.20 bits per heavy atom. The number of halogens is 3. The summed E-state index contributed by atoms with van der Waals surface area (Å²) in [4.78, 5) is 13.7. The van der Waals surface area contributed by atoms with Gasteiger partial charge in [-0.2, -0.15) is 13.2 Å². The van der Waals surface area contributed by atoms with Crippen molar-refractivity contribution < 1.29 is 31.2 Å². The van der Waals surface area contributed by atoms with Crippen molar-refractivity contribution in [1.29, 1.82) is 0 Å². The molecule has 0 unspecified atom stereocenters. The molecule has 1 N–H and O–H groups in total. The number of benzene rings is 1. The number of rotatable bonds is 6. The van der Waals surface area contributed by atoms with Crippen LogP contribution in [0.15, 0.2) is 47.5 Å². The summed E-state index contributed by atoms with van der Waals surface area (Å²) in [5.41, 5.74) is -1.07. The number of ether oxygens (including phenoxy) is 1. The van der Waals surface area contributed by atoms with E-state index in [0.717, 1.165) is 24.3 Å². The molecule has 1 aromatic carbocycles. The highest BCUT2D eigenvalue weighted by Crippen LogP contribution is 2.30. The summed E-state index contributed by atoms with van der Waals surface area (Å²) >= 11 is 0. The van der Waals surface area contributed by atoms with Crippen molar-refractivity contribution >= 4 is 15.7 Å². The van der Waals surface area contributed by atoms with Gasteiger partial charge in [-0.1, -0.05) is 0 Å². The molecule has 1 fully saturated rings. The van der Waals surface area contributed by atoms with Gasteiger partial charge in [0.1, 0.15) is 6.10 Å². The first-order chi connectivity index (χ1) is 14.0. The zero-order valence-corrected chi connectivity index (χ0v) is 16.3. The Labute approximate surface area is 170 Å². The van der Waals surface area contributed by atoms with Crippen LogP contribution in [0.2, 0.25) is 0 Å². The minimum atomic E-state index is -4.47. The molecule has 0 bridgehead atoms. The van der Waals surface area contributed by atoms with E-state index in [1.165, 1.54) is 12.1 Å². The molecule has 0 atom stereocenters. The van der Waals surface area contributed by atoms with Gasteiger partial charge in [0.15, 0.2) is 0 Å². The van der Waals surface area contributed by atoms with Gasteiger partial charge in [-0.05, 0) is 43.9 Å². The van der Waals surface area contributed by atoms with Crippen molar-refractivity contribution in [2.45, 2.75) is 48.9 Å². The van der Waals surface area contributed by atoms with Gasteiger partial charge < -0.3 is 4.74 Å². The largest absolute Gasteiger partial charge is 0.474 e. The van der Waals surface area contributed by atoms with Crippen molar-refractivity contribution in [3.8, 4) is 5.88 Å². The third-order valence-corrected chi connectivity index (χ3v) is 6.24. The average Bonchev–Trinajstić information content (AvgIpc) is 2.69. The average molecular weight is 445 g/mol. The predicted octanol–water partition coefficient (Wildman–Crippen LogP) is 3.68. The van der Waals surface area contributed by atoms with E-state index in [9.17, 15) is 31.7 Å². The summed E-state index contributed by atoms with van der Waals surface area (Å²) in [6, 6.07) is 6.30. The third kappa shape index (κ3) is 5.45. The number of nitrogens with zero attached hydrogens (tertiary/aromatic N) is 2. The Morgan fingerprint density at radius 2 is 1.70 bits per heavy atom. The lowest BCUT2D eigenvalue weighted by molar-refractivity contribution is -0.384. The van der Waals surface area contributed by atoms with Gasteiger partial charge in [-0.3, -0.25) is 10.1 Å². The van der Waals surface area contributed by atoms with Crippen molar-refractivity contribution in [3.05, 3.63) is 58.3 Å². The summed E-state index contributed by atoms with van der Waals surface area (Å²) in [5, 5.41) is 10.7. The highest BCUT2D eigenvalue weighted by atomic mass is 32.2. The van der Waals surface area contributed by atoms with Crippen LogP contribution < -0.4 is 9.46 Å². The third-order valence-electron chi connectivity index (χ3n) is 4.70. The number of nitro benzene ring substituents is 1. The minimum Gasteiger partial charge on any atom is -0.474 e. The maximum absolute atomic E-state index is 12.6. The lowest BCUT2D eigenvalue weighted by Gasteiger charge is -2.29. The minimum absolute atomic E-state index is 0.0690. The number of nitro groups is 1. The number of nitrogens with one attached hydrogen (secondary N) is 1. The fourth-order valence-corrected chi connectivity index (χ4v) is 4.43. The van der Waals surface area contributed by atoms with Gasteiger partial charge in [0.2, 0.25) is 15.9 Å². The molecule has 2 aromatic rings. The van der Waals surface area contributed by atoms with E-state index in [1.807, 2.05) is 0 Å². The van der Waals surface area contributed by atoms with Gasteiger partial charge in [0.25, 0.3) is 5.69 Å². The summed E-state index contributed by atoms with van der Waals surface area (Å²) in [6.45, 7) is 0. The Bertz CT molecular complexity index is 987. The van der Waals surface area contributed by atoms with E-state index >= 15 is 0 Å². The van der Waals surface area contributed by atoms with E-state index in [2.05, 4.69) is 9.71 Å². The molecule has 8 nitrogen and oxygen atoms in total. The lowest BCUT2D eigenvalue weighted by Crippen LogP contribution is -2.39. The molecular formula is C18H18F3N3O5S. The van der Waals surface area contributed by atoms with E-state index < -0.39 is 26.7 Å². The van der Waals surface area contributed by atoms with Crippen LogP contribution in [-0.4, -0.2) is 30.5 Å². The maximum Gasteiger partial charge on any atom is 0.417 e. The van der Waals surface area contributed by atoms with E-state index in [4.69, 9.17) is 4.74 Å². The molecule has 0 radical (unpaired) electrons. The quantitative estimate of drug-likeness (QED) is 0.536. The summed E-state index contributed by atoms with van der Waals surface area (Å²) in [6.07, 6.45) is -2.11. The smallest absolute Gasteiger partial charge is 0.417 e. The number of hydrogen-bond donors (Lipinski definition) is 1. The second-order valence-electron chi connectivity index (χ2n) is 6.85. The topological polar surface area (TPSA) is 111 Å². The normalized spacial score (nSPS) is 20.0. The molecular weight excluding hydrogens is 427 g/mol. The van der Waals surface area contributed by atoms with Crippen LogP contribution in [0.4, 0.5) is 18.9 Å². The fraction of sp³-hybridized carbons (Fsp3) is 0.389. The van der Waals surface area contributed by atoms with Crippen molar-refractivity contribution in [2.24, 2.45) is 0 Å². The van der Waals surface area contributed by atoms with Gasteiger partial charge in [0.05, 0.1) is 15.4 Å². The van der Waals surface area contributed by atoms with Crippen molar-refractivity contribution in [1.82, 2.24) is 9.71 Å². The molecule has 162 valence electrons. The van der Waals surface area contributed by atoms with Crippen LogP contribution in [0.5, 0.6) is 5.88 Å². The molecule has 1 aliphatic rings. The summed E-state index contributed by atoms with van der Waals surface area (Å²) < 4.78 is 70.8. The number of hydrogen-bond acceptors (Lipinski definition) is 6. The SMILES string of the molecule is O=[N+]([O-])c1ccc(S(=O)(=O)NC2CCC(Oc3ccc(C(F)(F)F)cn3)CC2)cc1. The molecule has 30 heavy (non-hydrogen) atoms. The molecule has 0 aliphatic heterocycles. The highest BCUT2D eigenvalue weighted by Gasteiger charge is 2.31. The monoisotopic (exact) mass is 445 g/mol. The number of pyridine rings is 1. The van der Waals surface area contributed by atoms with E-state index in [0.29, 0.717) is 31.9 Å². The van der Waals surface area contributed by atoms with Crippen LogP contribution in [-0.2, 0) is 16.2 Å². The maximum atomic E-state index is 12.6. The standard InChI is InChI=1S/C18H18F3N3O5S/c19-18(20,21)12-1-10-17(22-11-12)29-15-6-2-13(3-7-15)23-30(27,28)16-8-4-14(5-9-16)24(25)26/h1,4-5,8-11,13,15,23H,2-3,6-7H2. The predicted molar refractivity (Wildman–Crippen MR) is 99.3 cm³/mol. The molecule has 1 heterocycles. The first-order valence-electron chi connectivity index (χ1n) is 9.01. The van der Waals surface area contributed by atoms with Crippen LogP contribution in [0, 0.1) is 10.1 Å². The second kappa shape index (κ2) is 8.56. The van der Waals surface area contributed by atoms with Crippen molar-refractivity contribution in [3.63, 3.8) is 0 Å². The van der Waals surface area contributed by atoms with Gasteiger partial charge >= 0.3 is 6.18 Å². The Kier molecular flexibility index (Phi) is 6.27. The molecule has 1 aromatic heterocycles. The Hall–Kier alpha value is -2.73. The van der Waals surface area contributed by atoms with Crippen LogP contribution in [0.1, 0.15) is 31.2 Å². The van der Waals surface area contributed by atoms with Crippen LogP contribution in [0.25, 0.3) is 0 Å². The number of non-ortho nitro benzene ring substituents is 1. The molecule has 0 amide bonds. The number of aromatic nitrogens is 1. The number of alkyl halides is 3. The van der Waals surface area contributed by atoms with Crippen molar-refractivity contribution in [2.75, 3.05) is 0 Å². The second-order valence-corrected chi connectivity index (χ2v) is 8.56. The Morgan fingerprint density at radius 1 is 1.07 bits per heavy atom. The zero-order valence-electron chi connectivity index (χ0n) is 15.5. The molecule has 0 spiro atoms. The fourth-order valence-electron chi connectivity index (χ4n) is 3.12. The molecule has 12 heteroatoms. The van der Waals surface area contributed by atoms with Gasteiger partial charge in [-0.15, -0.1) is 0 Å². The first-order valence-corrected chi connectivity index (χ1v) is 10.5. The number of sulfonamides is 1. The lowest BCUT2D eigenvalue weighted by atomic mass is 9.94. The van der Waals surface area contributed by atoms with E-state index in [-0.39, 0.29) is 28.6 Å². The Balaban J connectivity index is 1.53. The van der Waals surface area contributed by atoms with Gasteiger partial charge in [0, 0.05) is 30.4 Å². The van der Waals surface area contributed by atoms with Gasteiger partial charge in [-0.25, -0.2) is 18.1 Å². The first kappa shape index (κ1) is 22.0. The molecule has 3 rings (SSSR count). The summed E-state index contributed by atoms with van der Waals surface area (Å²) in [5.74, 6) is 0.0814. The zero-order chi connectivity index (χ0) is 21.9. The van der Waals surface area contributed by atoms with Crippen LogP contribution in [0.3, 0.4) is 0 Å². The molecule has 1 saturated carbocycles. The summed E-state index contributed by atoms with van der Waals surface area (Å²) in [7, 11) is -3.83. The van der Waals surface area contributed by atoms with E-state index in [1.54, 1.807) is 0 Å². The molecule has 0 saturated heterocycles. The highest BCUT2D eigenvalue weighted by molar-refractivity contribution is 7.89.